The standard InChI is InChI=1S/C12H11ClN2/c1-7-5-9-6-8-3-2-4-10(13)11(8)15-12(9)14-7/h2-4,6-7H,5H2,1H3,(H,14,15). The van der Waals surface area contributed by atoms with Crippen LogP contribution < -0.4 is 5.32 Å². The molecule has 0 saturated heterocycles. The molecule has 0 fully saturated rings. The first-order valence-corrected chi connectivity index (χ1v) is 5.46. The van der Waals surface area contributed by atoms with Crippen molar-refractivity contribution in [2.75, 3.05) is 5.32 Å². The Morgan fingerprint density at radius 3 is 3.20 bits per heavy atom. The first kappa shape index (κ1) is 8.98. The number of hydrogen-bond acceptors (Lipinski definition) is 2. The molecule has 0 spiro atoms. The molecule has 1 N–H and O–H groups in total. The monoisotopic (exact) mass is 218 g/mol. The van der Waals surface area contributed by atoms with Crippen molar-refractivity contribution < 1.29 is 0 Å². The molecule has 1 aliphatic heterocycles. The van der Waals surface area contributed by atoms with Gasteiger partial charge in [0.25, 0.3) is 0 Å². The van der Waals surface area contributed by atoms with Crippen molar-refractivity contribution in [3.8, 4) is 0 Å². The number of benzene rings is 1. The number of anilines is 1. The van der Waals surface area contributed by atoms with Crippen LogP contribution in [0, 0.1) is 0 Å². The molecule has 2 nitrogen and oxygen atoms in total. The van der Waals surface area contributed by atoms with Crippen molar-refractivity contribution >= 4 is 28.3 Å². The number of nitrogens with one attached hydrogen (secondary N) is 1. The van der Waals surface area contributed by atoms with E-state index in [1.54, 1.807) is 0 Å². The van der Waals surface area contributed by atoms with E-state index in [9.17, 15) is 0 Å². The minimum Gasteiger partial charge on any atom is -0.367 e. The SMILES string of the molecule is CC1Cc2cc3cccc(Cl)c3nc2N1. The molecule has 0 saturated carbocycles. The molecule has 3 rings (SSSR count). The largest absolute Gasteiger partial charge is 0.367 e. The zero-order valence-electron chi connectivity index (χ0n) is 8.42. The lowest BCUT2D eigenvalue weighted by molar-refractivity contribution is 0.839. The Balaban J connectivity index is 2.30. The Morgan fingerprint density at radius 1 is 1.47 bits per heavy atom. The molecule has 76 valence electrons. The Kier molecular flexibility index (Phi) is 1.86. The van der Waals surface area contributed by atoms with Crippen LogP contribution in [0.1, 0.15) is 12.5 Å². The van der Waals surface area contributed by atoms with Gasteiger partial charge < -0.3 is 5.32 Å². The highest BCUT2D eigenvalue weighted by Crippen LogP contribution is 2.30. The second kappa shape index (κ2) is 3.11. The lowest BCUT2D eigenvalue weighted by atomic mass is 10.1. The van der Waals surface area contributed by atoms with Crippen molar-refractivity contribution in [1.29, 1.82) is 0 Å². The average molecular weight is 219 g/mol. The van der Waals surface area contributed by atoms with E-state index in [1.807, 2.05) is 12.1 Å². The van der Waals surface area contributed by atoms with Crippen molar-refractivity contribution in [2.45, 2.75) is 19.4 Å². The maximum atomic E-state index is 6.10. The van der Waals surface area contributed by atoms with Crippen LogP contribution in [0.15, 0.2) is 24.3 Å². The van der Waals surface area contributed by atoms with E-state index in [2.05, 4.69) is 29.4 Å². The summed E-state index contributed by atoms with van der Waals surface area (Å²) >= 11 is 6.10. The van der Waals surface area contributed by atoms with E-state index in [-0.39, 0.29) is 0 Å². The number of aromatic nitrogens is 1. The van der Waals surface area contributed by atoms with Crippen molar-refractivity contribution in [3.05, 3.63) is 34.9 Å². The predicted octanol–water partition coefficient (Wildman–Crippen LogP) is 3.24. The van der Waals surface area contributed by atoms with Crippen LogP contribution in [0.3, 0.4) is 0 Å². The highest BCUT2D eigenvalue weighted by Gasteiger charge is 2.18. The molecule has 1 aromatic heterocycles. The molecule has 1 unspecified atom stereocenters. The minimum atomic E-state index is 0.475. The zero-order valence-corrected chi connectivity index (χ0v) is 9.17. The summed E-state index contributed by atoms with van der Waals surface area (Å²) < 4.78 is 0. The van der Waals surface area contributed by atoms with Gasteiger partial charge in [-0.05, 0) is 31.0 Å². The fourth-order valence-electron chi connectivity index (χ4n) is 2.10. The van der Waals surface area contributed by atoms with Gasteiger partial charge in [0.1, 0.15) is 5.82 Å². The van der Waals surface area contributed by atoms with Gasteiger partial charge in [-0.2, -0.15) is 0 Å². The molecule has 0 bridgehead atoms. The summed E-state index contributed by atoms with van der Waals surface area (Å²) in [6, 6.07) is 8.55. The normalized spacial score (nSPS) is 18.9. The molecule has 2 heterocycles. The van der Waals surface area contributed by atoms with Crippen LogP contribution in [0.5, 0.6) is 0 Å². The summed E-state index contributed by atoms with van der Waals surface area (Å²) in [5.41, 5.74) is 2.18. The third-order valence-electron chi connectivity index (χ3n) is 2.78. The van der Waals surface area contributed by atoms with Gasteiger partial charge in [0.05, 0.1) is 10.5 Å². The molecule has 1 aliphatic rings. The molecular formula is C12H11ClN2. The van der Waals surface area contributed by atoms with E-state index in [4.69, 9.17) is 11.6 Å². The summed E-state index contributed by atoms with van der Waals surface area (Å²) in [5.74, 6) is 0.989. The smallest absolute Gasteiger partial charge is 0.130 e. The molecule has 0 amide bonds. The number of fused-ring (bicyclic) bond motifs is 2. The molecule has 1 aromatic carbocycles. The summed E-state index contributed by atoms with van der Waals surface area (Å²) in [6.45, 7) is 2.16. The highest BCUT2D eigenvalue weighted by molar-refractivity contribution is 6.35. The summed E-state index contributed by atoms with van der Waals surface area (Å²) in [5, 5.41) is 5.19. The first-order valence-electron chi connectivity index (χ1n) is 5.09. The highest BCUT2D eigenvalue weighted by atomic mass is 35.5. The number of halogens is 1. The van der Waals surface area contributed by atoms with Gasteiger partial charge in [-0.25, -0.2) is 4.98 Å². The molecule has 3 heteroatoms. The maximum absolute atomic E-state index is 6.10. The molecule has 0 radical (unpaired) electrons. The molecular weight excluding hydrogens is 208 g/mol. The van der Waals surface area contributed by atoms with Crippen LogP contribution in [0.4, 0.5) is 5.82 Å². The summed E-state index contributed by atoms with van der Waals surface area (Å²) in [4.78, 5) is 4.56. The third-order valence-corrected chi connectivity index (χ3v) is 3.09. The number of para-hydroxylation sites is 1. The van der Waals surface area contributed by atoms with E-state index >= 15 is 0 Å². The quantitative estimate of drug-likeness (QED) is 0.734. The Hall–Kier alpha value is -1.28. The van der Waals surface area contributed by atoms with E-state index < -0.39 is 0 Å². The third kappa shape index (κ3) is 1.37. The maximum Gasteiger partial charge on any atom is 0.130 e. The average Bonchev–Trinajstić information content (AvgIpc) is 2.55. The fourth-order valence-corrected chi connectivity index (χ4v) is 2.33. The predicted molar refractivity (Wildman–Crippen MR) is 63.5 cm³/mol. The van der Waals surface area contributed by atoms with Gasteiger partial charge >= 0.3 is 0 Å². The van der Waals surface area contributed by atoms with Crippen LogP contribution in [-0.2, 0) is 6.42 Å². The molecule has 1 atom stereocenters. The van der Waals surface area contributed by atoms with Crippen molar-refractivity contribution in [2.24, 2.45) is 0 Å². The van der Waals surface area contributed by atoms with Gasteiger partial charge in [0.2, 0.25) is 0 Å². The second-order valence-corrected chi connectivity index (χ2v) is 4.46. The van der Waals surface area contributed by atoms with Crippen molar-refractivity contribution in [3.63, 3.8) is 0 Å². The van der Waals surface area contributed by atoms with Crippen LogP contribution >= 0.6 is 11.6 Å². The van der Waals surface area contributed by atoms with Crippen LogP contribution in [0.25, 0.3) is 10.9 Å². The van der Waals surface area contributed by atoms with Gasteiger partial charge in [-0.3, -0.25) is 0 Å². The van der Waals surface area contributed by atoms with E-state index in [1.165, 1.54) is 5.56 Å². The number of pyridine rings is 1. The van der Waals surface area contributed by atoms with Gasteiger partial charge in [0.15, 0.2) is 0 Å². The lowest BCUT2D eigenvalue weighted by Gasteiger charge is -2.04. The molecule has 15 heavy (non-hydrogen) atoms. The molecule has 2 aromatic rings. The summed E-state index contributed by atoms with van der Waals surface area (Å²) in [6.07, 6.45) is 1.05. The van der Waals surface area contributed by atoms with Gasteiger partial charge in [0, 0.05) is 11.4 Å². The molecule has 0 aliphatic carbocycles. The second-order valence-electron chi connectivity index (χ2n) is 4.06. The van der Waals surface area contributed by atoms with Crippen molar-refractivity contribution in [1.82, 2.24) is 4.98 Å². The first-order chi connectivity index (χ1) is 7.24. The number of nitrogens with zero attached hydrogens (tertiary/aromatic N) is 1. The Bertz CT molecular complexity index is 536. The summed E-state index contributed by atoms with van der Waals surface area (Å²) in [7, 11) is 0. The fraction of sp³-hybridized carbons (Fsp3) is 0.250. The van der Waals surface area contributed by atoms with Gasteiger partial charge in [-0.1, -0.05) is 23.7 Å². The Labute approximate surface area is 93.3 Å². The number of rotatable bonds is 0. The van der Waals surface area contributed by atoms with Crippen LogP contribution in [-0.4, -0.2) is 11.0 Å². The van der Waals surface area contributed by atoms with Gasteiger partial charge in [-0.15, -0.1) is 0 Å². The Morgan fingerprint density at radius 2 is 2.33 bits per heavy atom. The zero-order chi connectivity index (χ0) is 10.4. The van der Waals surface area contributed by atoms with Crippen LogP contribution in [0.2, 0.25) is 5.02 Å². The minimum absolute atomic E-state index is 0.475. The topological polar surface area (TPSA) is 24.9 Å². The van der Waals surface area contributed by atoms with E-state index in [0.717, 1.165) is 28.2 Å². The lowest BCUT2D eigenvalue weighted by Crippen LogP contribution is -2.08. The van der Waals surface area contributed by atoms with E-state index in [0.29, 0.717) is 6.04 Å². The number of hydrogen-bond donors (Lipinski definition) is 1.